The van der Waals surface area contributed by atoms with Gasteiger partial charge in [0.2, 0.25) is 0 Å². The number of anilines is 1. The van der Waals surface area contributed by atoms with E-state index < -0.39 is 0 Å². The highest BCUT2D eigenvalue weighted by Crippen LogP contribution is 2.36. The Morgan fingerprint density at radius 2 is 1.82 bits per heavy atom. The van der Waals surface area contributed by atoms with Gasteiger partial charge < -0.3 is 10.5 Å². The molecule has 0 spiro atoms. The minimum Gasteiger partial charge on any atom is -0.462 e. The molecule has 3 rings (SSSR count). The van der Waals surface area contributed by atoms with Crippen molar-refractivity contribution in [2.45, 2.75) is 25.9 Å². The molecular formula is C17H17N3O2. The third-order valence-corrected chi connectivity index (χ3v) is 3.67. The minimum atomic E-state index is -0.274. The molecule has 112 valence electrons. The van der Waals surface area contributed by atoms with E-state index in [1.807, 2.05) is 42.5 Å². The van der Waals surface area contributed by atoms with Crippen LogP contribution in [0, 0.1) is 0 Å². The van der Waals surface area contributed by atoms with Crippen LogP contribution in [0.15, 0.2) is 52.7 Å². The van der Waals surface area contributed by atoms with Gasteiger partial charge in [-0.15, -0.1) is 0 Å². The Bertz CT molecular complexity index is 726. The van der Waals surface area contributed by atoms with Crippen LogP contribution in [-0.4, -0.2) is 12.1 Å². The second kappa shape index (κ2) is 5.97. The normalized spacial score (nSPS) is 16.7. The molecule has 0 saturated carbocycles. The largest absolute Gasteiger partial charge is 0.462 e. The third kappa shape index (κ3) is 2.98. The van der Waals surface area contributed by atoms with E-state index in [-0.39, 0.29) is 12.1 Å². The first-order valence-electron chi connectivity index (χ1n) is 7.17. The lowest BCUT2D eigenvalue weighted by Gasteiger charge is -2.08. The molecule has 0 fully saturated rings. The van der Waals surface area contributed by atoms with E-state index in [4.69, 9.17) is 10.5 Å². The number of esters is 1. The maximum absolute atomic E-state index is 11.1. The van der Waals surface area contributed by atoms with Crippen molar-refractivity contribution in [1.29, 1.82) is 0 Å². The molecule has 0 aromatic heterocycles. The van der Waals surface area contributed by atoms with Crippen molar-refractivity contribution >= 4 is 23.0 Å². The summed E-state index contributed by atoms with van der Waals surface area (Å²) in [6, 6.07) is 13.2. The van der Waals surface area contributed by atoms with Crippen LogP contribution >= 0.6 is 0 Å². The number of nitrogen functional groups attached to an aromatic ring is 1. The van der Waals surface area contributed by atoms with Crippen LogP contribution in [0.2, 0.25) is 0 Å². The van der Waals surface area contributed by atoms with E-state index in [9.17, 15) is 4.79 Å². The smallest absolute Gasteiger partial charge is 0.302 e. The van der Waals surface area contributed by atoms with Crippen molar-refractivity contribution in [1.82, 2.24) is 0 Å². The fourth-order valence-electron chi connectivity index (χ4n) is 2.71. The Morgan fingerprint density at radius 1 is 1.09 bits per heavy atom. The van der Waals surface area contributed by atoms with Gasteiger partial charge in [-0.1, -0.05) is 18.2 Å². The number of hydrogen-bond acceptors (Lipinski definition) is 5. The number of nitrogens with zero attached hydrogens (tertiary/aromatic N) is 2. The van der Waals surface area contributed by atoms with Crippen molar-refractivity contribution in [3.8, 4) is 0 Å². The van der Waals surface area contributed by atoms with E-state index in [2.05, 4.69) is 10.2 Å². The summed E-state index contributed by atoms with van der Waals surface area (Å²) in [5.41, 5.74) is 10.3. The monoisotopic (exact) mass is 295 g/mol. The Labute approximate surface area is 128 Å². The minimum absolute atomic E-state index is 0.164. The zero-order chi connectivity index (χ0) is 15.5. The molecule has 2 aromatic carbocycles. The highest BCUT2D eigenvalue weighted by molar-refractivity contribution is 5.68. The zero-order valence-corrected chi connectivity index (χ0v) is 12.3. The van der Waals surface area contributed by atoms with E-state index in [0.29, 0.717) is 18.5 Å². The Hall–Kier alpha value is -2.69. The number of azo groups is 1. The molecule has 1 atom stereocenters. The van der Waals surface area contributed by atoms with Gasteiger partial charge >= 0.3 is 5.97 Å². The molecular weight excluding hydrogens is 278 g/mol. The van der Waals surface area contributed by atoms with E-state index in [1.165, 1.54) is 6.92 Å². The topological polar surface area (TPSA) is 77.0 Å². The molecule has 0 amide bonds. The lowest BCUT2D eigenvalue weighted by atomic mass is 10.1. The summed E-state index contributed by atoms with van der Waals surface area (Å²) in [6.45, 7) is 1.42. The molecule has 0 bridgehead atoms. The van der Waals surface area contributed by atoms with Gasteiger partial charge in [-0.05, 0) is 35.4 Å². The predicted molar refractivity (Wildman–Crippen MR) is 84.4 cm³/mol. The molecule has 2 aromatic rings. The summed E-state index contributed by atoms with van der Waals surface area (Å²) in [5, 5.41) is 8.58. The maximum Gasteiger partial charge on any atom is 0.302 e. The molecule has 0 heterocycles. The Balaban J connectivity index is 1.88. The molecule has 2 N–H and O–H groups in total. The van der Waals surface area contributed by atoms with Crippen LogP contribution in [0.25, 0.3) is 0 Å². The lowest BCUT2D eigenvalue weighted by molar-refractivity contribution is -0.145. The standard InChI is InChI=1S/C17H17N3O2/c1-11(21)22-13-9-14-15(10-13)17(8-7-16(14)18)20-19-12-5-3-2-4-6-12/h2-8,13H,9-10,18H2,1H3. The summed E-state index contributed by atoms with van der Waals surface area (Å²) in [4.78, 5) is 11.1. The summed E-state index contributed by atoms with van der Waals surface area (Å²) in [6.07, 6.45) is 1.10. The highest BCUT2D eigenvalue weighted by atomic mass is 16.5. The number of rotatable bonds is 3. The van der Waals surface area contributed by atoms with Crippen molar-refractivity contribution < 1.29 is 9.53 Å². The molecule has 5 heteroatoms. The fourth-order valence-corrected chi connectivity index (χ4v) is 2.71. The van der Waals surface area contributed by atoms with Gasteiger partial charge in [0.1, 0.15) is 6.10 Å². The average Bonchev–Trinajstić information content (AvgIpc) is 2.91. The molecule has 0 aliphatic heterocycles. The van der Waals surface area contributed by atoms with Gasteiger partial charge in [0.05, 0.1) is 11.4 Å². The summed E-state index contributed by atoms with van der Waals surface area (Å²) >= 11 is 0. The van der Waals surface area contributed by atoms with Crippen molar-refractivity contribution in [3.63, 3.8) is 0 Å². The van der Waals surface area contributed by atoms with Crippen LogP contribution < -0.4 is 5.73 Å². The number of benzene rings is 2. The van der Waals surface area contributed by atoms with Gasteiger partial charge in [0.15, 0.2) is 0 Å². The zero-order valence-electron chi connectivity index (χ0n) is 12.3. The van der Waals surface area contributed by atoms with E-state index >= 15 is 0 Å². The molecule has 5 nitrogen and oxygen atoms in total. The summed E-state index contributed by atoms with van der Waals surface area (Å²) in [7, 11) is 0. The van der Waals surface area contributed by atoms with Crippen LogP contribution in [0.1, 0.15) is 18.1 Å². The molecule has 22 heavy (non-hydrogen) atoms. The van der Waals surface area contributed by atoms with Gasteiger partial charge in [-0.3, -0.25) is 4.79 Å². The predicted octanol–water partition coefficient (Wildman–Crippen LogP) is 3.71. The number of nitrogens with two attached hydrogens (primary N) is 1. The van der Waals surface area contributed by atoms with E-state index in [0.717, 1.165) is 22.5 Å². The van der Waals surface area contributed by atoms with Crippen LogP contribution in [-0.2, 0) is 22.4 Å². The molecule has 1 unspecified atom stereocenters. The van der Waals surface area contributed by atoms with Crippen molar-refractivity contribution in [3.05, 3.63) is 53.6 Å². The van der Waals surface area contributed by atoms with Gasteiger partial charge in [0.25, 0.3) is 0 Å². The summed E-state index contributed by atoms with van der Waals surface area (Å²) in [5.74, 6) is -0.274. The first-order valence-corrected chi connectivity index (χ1v) is 7.17. The summed E-state index contributed by atoms with van der Waals surface area (Å²) < 4.78 is 5.30. The molecule has 1 aliphatic rings. The molecule has 0 radical (unpaired) electrons. The number of ether oxygens (including phenoxy) is 1. The van der Waals surface area contributed by atoms with Gasteiger partial charge in [-0.2, -0.15) is 10.2 Å². The Morgan fingerprint density at radius 3 is 2.55 bits per heavy atom. The fraction of sp³-hybridized carbons (Fsp3) is 0.235. The second-order valence-corrected chi connectivity index (χ2v) is 5.31. The quantitative estimate of drug-likeness (QED) is 0.532. The molecule has 1 aliphatic carbocycles. The van der Waals surface area contributed by atoms with Gasteiger partial charge in [-0.25, -0.2) is 0 Å². The third-order valence-electron chi connectivity index (χ3n) is 3.67. The first-order chi connectivity index (χ1) is 10.6. The van der Waals surface area contributed by atoms with Gasteiger partial charge in [0, 0.05) is 25.5 Å². The maximum atomic E-state index is 11.1. The number of carbonyl (C=O) groups is 1. The average molecular weight is 295 g/mol. The SMILES string of the molecule is CC(=O)OC1Cc2c(N)ccc(N=Nc3ccccc3)c2C1. The second-order valence-electron chi connectivity index (χ2n) is 5.31. The lowest BCUT2D eigenvalue weighted by Crippen LogP contribution is -2.16. The van der Waals surface area contributed by atoms with Crippen molar-refractivity contribution in [2.24, 2.45) is 10.2 Å². The van der Waals surface area contributed by atoms with E-state index in [1.54, 1.807) is 0 Å². The van der Waals surface area contributed by atoms with Crippen LogP contribution in [0.5, 0.6) is 0 Å². The van der Waals surface area contributed by atoms with Crippen LogP contribution in [0.4, 0.5) is 17.1 Å². The number of fused-ring (bicyclic) bond motifs is 1. The highest BCUT2D eigenvalue weighted by Gasteiger charge is 2.28. The van der Waals surface area contributed by atoms with Crippen molar-refractivity contribution in [2.75, 3.05) is 5.73 Å². The van der Waals surface area contributed by atoms with Crippen LogP contribution in [0.3, 0.4) is 0 Å². The number of carbonyl (C=O) groups excluding carboxylic acids is 1. The molecule has 0 saturated heterocycles. The first kappa shape index (κ1) is 14.3. The Kier molecular flexibility index (Phi) is 3.87. The number of hydrogen-bond donors (Lipinski definition) is 1.